The van der Waals surface area contributed by atoms with Gasteiger partial charge in [-0.15, -0.1) is 0 Å². The van der Waals surface area contributed by atoms with Gasteiger partial charge in [-0.25, -0.2) is 13.2 Å². The third-order valence-electron chi connectivity index (χ3n) is 7.52. The molecule has 0 fully saturated rings. The Balaban J connectivity index is 2.11. The number of nitrogens with zero attached hydrogens (tertiary/aromatic N) is 2. The smallest absolute Gasteiger partial charge is 0.339 e. The van der Waals surface area contributed by atoms with E-state index in [9.17, 15) is 28.2 Å². The number of likely N-dealkylation sites (N-methyl/N-ethyl adjacent to an activating group) is 1. The second-order valence-electron chi connectivity index (χ2n) is 13.4. The Morgan fingerprint density at radius 1 is 0.814 bits per heavy atom. The van der Waals surface area contributed by atoms with E-state index in [1.165, 1.54) is 30.1 Å². The fourth-order valence-corrected chi connectivity index (χ4v) is 6.64. The summed E-state index contributed by atoms with van der Waals surface area (Å²) in [7, 11) is -2.65. The number of anilines is 1. The Morgan fingerprint density at radius 3 is 1.77 bits per heavy atom. The highest BCUT2D eigenvalue weighted by Crippen LogP contribution is 2.33. The Hall–Kier alpha value is -3.69. The van der Waals surface area contributed by atoms with Crippen molar-refractivity contribution in [2.45, 2.75) is 84.6 Å². The zero-order valence-electron chi connectivity index (χ0n) is 26.9. The van der Waals surface area contributed by atoms with Gasteiger partial charge in [-0.2, -0.15) is 4.31 Å². The van der Waals surface area contributed by atoms with E-state index in [4.69, 9.17) is 0 Å². The molecule has 0 aliphatic carbocycles. The van der Waals surface area contributed by atoms with Crippen LogP contribution in [-0.4, -0.2) is 48.4 Å². The number of carboxylic acid groups (broad SMARTS) is 1. The molecule has 0 radical (unpaired) electrons. The van der Waals surface area contributed by atoms with Crippen LogP contribution in [-0.2, 0) is 32.2 Å². The molecule has 8 nitrogen and oxygen atoms in total. The second kappa shape index (κ2) is 12.1. The van der Waals surface area contributed by atoms with Gasteiger partial charge >= 0.3 is 5.97 Å². The lowest BCUT2D eigenvalue weighted by Gasteiger charge is -2.29. The van der Waals surface area contributed by atoms with Crippen LogP contribution in [0.1, 0.15) is 85.3 Å². The Labute approximate surface area is 256 Å². The monoisotopic (exact) mass is 608 g/mol. The van der Waals surface area contributed by atoms with Crippen LogP contribution in [0.4, 0.5) is 5.69 Å². The summed E-state index contributed by atoms with van der Waals surface area (Å²) in [6.45, 7) is 17.6. The molecule has 0 aromatic heterocycles. The van der Waals surface area contributed by atoms with Crippen LogP contribution >= 0.6 is 0 Å². The van der Waals surface area contributed by atoms with Crippen LogP contribution in [0.2, 0.25) is 0 Å². The van der Waals surface area contributed by atoms with E-state index in [0.29, 0.717) is 11.1 Å². The summed E-state index contributed by atoms with van der Waals surface area (Å²) < 4.78 is 28.4. The molecule has 3 aromatic carbocycles. The number of aryl methyl sites for hydroxylation is 3. The molecule has 43 heavy (non-hydrogen) atoms. The molecule has 0 atom stereocenters. The highest BCUT2D eigenvalue weighted by molar-refractivity contribution is 7.89. The summed E-state index contributed by atoms with van der Waals surface area (Å²) in [5.41, 5.74) is 4.71. The lowest BCUT2D eigenvalue weighted by atomic mass is 9.79. The fraction of sp³-hybridized carbons (Fsp3) is 0.412. The Bertz CT molecular complexity index is 1610. The SMILES string of the molecule is Cc1cc(C)c(S(=O)(=O)N(C)CC(=O)N(Cc2cc(C(C)(C)C)cc(C(C)(C)C)c2)c2ccc(C(=O)O)c(O)c2)c(C)c1. The predicted molar refractivity (Wildman–Crippen MR) is 171 cm³/mol. The van der Waals surface area contributed by atoms with Gasteiger partial charge in [0.05, 0.1) is 18.0 Å². The Morgan fingerprint density at radius 2 is 1.33 bits per heavy atom. The average molecular weight is 609 g/mol. The van der Waals surface area contributed by atoms with Crippen molar-refractivity contribution >= 4 is 27.6 Å². The summed E-state index contributed by atoms with van der Waals surface area (Å²) in [5, 5.41) is 19.9. The molecule has 0 heterocycles. The standard InChI is InChI=1S/C34H44N2O6S/c1-21-13-22(2)31(23(3)14-21)43(41,42)35(10)20-30(38)36(27-11-12-28(32(39)40)29(37)18-27)19-24-15-25(33(4,5)6)17-26(16-24)34(7,8)9/h11-18,37H,19-20H2,1-10H3,(H,39,40). The number of carboxylic acids is 1. The number of aromatic hydroxyl groups is 1. The molecule has 3 rings (SSSR count). The maximum Gasteiger partial charge on any atom is 0.339 e. The second-order valence-corrected chi connectivity index (χ2v) is 15.4. The van der Waals surface area contributed by atoms with Crippen molar-refractivity contribution in [3.63, 3.8) is 0 Å². The third-order valence-corrected chi connectivity index (χ3v) is 9.63. The summed E-state index contributed by atoms with van der Waals surface area (Å²) in [6, 6.07) is 13.7. The summed E-state index contributed by atoms with van der Waals surface area (Å²) in [4.78, 5) is 27.1. The molecular weight excluding hydrogens is 564 g/mol. The maximum absolute atomic E-state index is 14.0. The van der Waals surface area contributed by atoms with Gasteiger partial charge in [0.15, 0.2) is 0 Å². The third kappa shape index (κ3) is 7.64. The van der Waals surface area contributed by atoms with E-state index >= 15 is 0 Å². The van der Waals surface area contributed by atoms with E-state index in [-0.39, 0.29) is 33.5 Å². The largest absolute Gasteiger partial charge is 0.507 e. The van der Waals surface area contributed by atoms with Crippen molar-refractivity contribution in [3.8, 4) is 5.75 Å². The van der Waals surface area contributed by atoms with Crippen molar-refractivity contribution in [2.75, 3.05) is 18.5 Å². The van der Waals surface area contributed by atoms with Gasteiger partial charge in [-0.3, -0.25) is 4.79 Å². The first kappa shape index (κ1) is 33.8. The van der Waals surface area contributed by atoms with E-state index in [0.717, 1.165) is 26.6 Å². The summed E-state index contributed by atoms with van der Waals surface area (Å²) in [5.74, 6) is -2.33. The number of hydrogen-bond acceptors (Lipinski definition) is 5. The number of aromatic carboxylic acids is 1. The lowest BCUT2D eigenvalue weighted by molar-refractivity contribution is -0.118. The zero-order chi connectivity index (χ0) is 32.7. The topological polar surface area (TPSA) is 115 Å². The number of benzene rings is 3. The van der Waals surface area contributed by atoms with Crippen molar-refractivity contribution in [2.24, 2.45) is 0 Å². The first-order valence-electron chi connectivity index (χ1n) is 14.2. The molecule has 0 aliphatic rings. The highest BCUT2D eigenvalue weighted by Gasteiger charge is 2.30. The van der Waals surface area contributed by atoms with Crippen LogP contribution in [0.15, 0.2) is 53.4 Å². The van der Waals surface area contributed by atoms with E-state index in [2.05, 4.69) is 47.6 Å². The molecule has 1 amide bonds. The highest BCUT2D eigenvalue weighted by atomic mass is 32.2. The molecule has 0 spiro atoms. The van der Waals surface area contributed by atoms with Gasteiger partial charge in [0.25, 0.3) is 0 Å². The molecule has 0 bridgehead atoms. The minimum atomic E-state index is -4.02. The van der Waals surface area contributed by atoms with E-state index < -0.39 is 34.2 Å². The van der Waals surface area contributed by atoms with Gasteiger partial charge in [-0.05, 0) is 71.6 Å². The minimum Gasteiger partial charge on any atom is -0.507 e. The first-order valence-corrected chi connectivity index (χ1v) is 15.6. The van der Waals surface area contributed by atoms with Gasteiger partial charge in [-0.1, -0.05) is 77.4 Å². The number of hydrogen-bond donors (Lipinski definition) is 2. The van der Waals surface area contributed by atoms with Crippen LogP contribution in [0, 0.1) is 20.8 Å². The van der Waals surface area contributed by atoms with Gasteiger partial charge in [0, 0.05) is 18.8 Å². The molecule has 9 heteroatoms. The van der Waals surface area contributed by atoms with Crippen LogP contribution in [0.25, 0.3) is 0 Å². The zero-order valence-corrected chi connectivity index (χ0v) is 27.7. The summed E-state index contributed by atoms with van der Waals surface area (Å²) >= 11 is 0. The van der Waals surface area contributed by atoms with Gasteiger partial charge in [0.1, 0.15) is 11.3 Å². The van der Waals surface area contributed by atoms with Crippen LogP contribution in [0.5, 0.6) is 5.75 Å². The number of amides is 1. The number of carbonyl (C=O) groups excluding carboxylic acids is 1. The first-order chi connectivity index (χ1) is 19.6. The fourth-order valence-electron chi connectivity index (χ4n) is 5.11. The van der Waals surface area contributed by atoms with Crippen molar-refractivity contribution < 1.29 is 28.2 Å². The number of rotatable bonds is 8. The minimum absolute atomic E-state index is 0.0775. The van der Waals surface area contributed by atoms with E-state index in [1.807, 2.05) is 19.1 Å². The molecule has 0 saturated heterocycles. The quantitative estimate of drug-likeness (QED) is 0.303. The maximum atomic E-state index is 14.0. The van der Waals surface area contributed by atoms with Crippen molar-refractivity contribution in [1.82, 2.24) is 4.31 Å². The van der Waals surface area contributed by atoms with Crippen LogP contribution in [0.3, 0.4) is 0 Å². The molecule has 3 aromatic rings. The number of carbonyl (C=O) groups is 2. The van der Waals surface area contributed by atoms with E-state index in [1.54, 1.807) is 26.0 Å². The molecule has 0 aliphatic heterocycles. The van der Waals surface area contributed by atoms with Gasteiger partial charge in [0.2, 0.25) is 15.9 Å². The Kier molecular flexibility index (Phi) is 9.54. The molecule has 2 N–H and O–H groups in total. The molecule has 0 saturated carbocycles. The molecule has 0 unspecified atom stereocenters. The van der Waals surface area contributed by atoms with Crippen molar-refractivity contribution in [3.05, 3.63) is 87.5 Å². The van der Waals surface area contributed by atoms with Crippen molar-refractivity contribution in [1.29, 1.82) is 0 Å². The summed E-state index contributed by atoms with van der Waals surface area (Å²) in [6.07, 6.45) is 0. The van der Waals surface area contributed by atoms with Crippen LogP contribution < -0.4 is 4.90 Å². The molecule has 232 valence electrons. The van der Waals surface area contributed by atoms with Gasteiger partial charge < -0.3 is 15.1 Å². The number of sulfonamides is 1. The molecular formula is C34H44N2O6S. The predicted octanol–water partition coefficient (Wildman–Crippen LogP) is 6.46. The normalized spacial score (nSPS) is 12.4. The lowest BCUT2D eigenvalue weighted by Crippen LogP contribution is -2.41. The number of phenols is 1. The average Bonchev–Trinajstić information content (AvgIpc) is 2.84.